The molecule has 1 aliphatic heterocycles. The van der Waals surface area contributed by atoms with Crippen LogP contribution in [-0.4, -0.2) is 21.7 Å². The molecule has 0 radical (unpaired) electrons. The van der Waals surface area contributed by atoms with Crippen LogP contribution in [0, 0.1) is 12.3 Å². The lowest BCUT2D eigenvalue weighted by molar-refractivity contribution is 0.592. The zero-order chi connectivity index (χ0) is 14.3. The summed E-state index contributed by atoms with van der Waals surface area (Å²) < 4.78 is 1.62. The molecule has 0 N–H and O–H groups in total. The van der Waals surface area contributed by atoms with Gasteiger partial charge >= 0.3 is 0 Å². The summed E-state index contributed by atoms with van der Waals surface area (Å²) in [6.07, 6.45) is 7.54. The number of nitrogens with zero attached hydrogens (tertiary/aromatic N) is 3. The Labute approximate surface area is 118 Å². The van der Waals surface area contributed by atoms with E-state index in [2.05, 4.69) is 23.7 Å². The summed E-state index contributed by atoms with van der Waals surface area (Å²) in [5.74, 6) is 2.56. The highest BCUT2D eigenvalue weighted by atomic mass is 35.5. The van der Waals surface area contributed by atoms with Gasteiger partial charge in [-0.1, -0.05) is 24.3 Å². The SMILES string of the molecule is C#Cc1c(Cl)c(C2=C(C)C=C(C)C(=C)N2C)nn1C. The Kier molecular flexibility index (Phi) is 3.30. The largest absolute Gasteiger partial charge is 0.343 e. The number of likely N-dealkylation sites (N-methyl/N-ethyl adjacent to an activating group) is 1. The van der Waals surface area contributed by atoms with E-state index in [1.807, 2.05) is 25.8 Å². The second-order valence-electron chi connectivity index (χ2n) is 4.64. The summed E-state index contributed by atoms with van der Waals surface area (Å²) in [5.41, 5.74) is 5.38. The summed E-state index contributed by atoms with van der Waals surface area (Å²) in [5, 5.41) is 4.94. The second kappa shape index (κ2) is 4.64. The van der Waals surface area contributed by atoms with Crippen LogP contribution in [0.5, 0.6) is 0 Å². The third-order valence-corrected chi connectivity index (χ3v) is 3.71. The molecule has 1 aliphatic rings. The lowest BCUT2D eigenvalue weighted by atomic mass is 10.0. The Morgan fingerprint density at radius 3 is 2.53 bits per heavy atom. The first-order valence-electron chi connectivity index (χ1n) is 5.90. The Morgan fingerprint density at radius 2 is 2.00 bits per heavy atom. The molecule has 0 spiro atoms. The highest BCUT2D eigenvalue weighted by Gasteiger charge is 2.25. The molecule has 0 amide bonds. The molecule has 0 unspecified atom stereocenters. The molecule has 2 heterocycles. The average molecular weight is 274 g/mol. The molecule has 0 saturated heterocycles. The molecular weight excluding hydrogens is 258 g/mol. The fourth-order valence-electron chi connectivity index (χ4n) is 2.29. The maximum Gasteiger partial charge on any atom is 0.129 e. The van der Waals surface area contributed by atoms with Gasteiger partial charge in [0.05, 0.1) is 5.70 Å². The average Bonchev–Trinajstić information content (AvgIpc) is 2.62. The highest BCUT2D eigenvalue weighted by molar-refractivity contribution is 6.33. The first-order valence-corrected chi connectivity index (χ1v) is 6.28. The van der Waals surface area contributed by atoms with Crippen molar-refractivity contribution in [3.8, 4) is 12.3 Å². The van der Waals surface area contributed by atoms with Gasteiger partial charge in [-0.3, -0.25) is 4.68 Å². The molecule has 0 aromatic carbocycles. The van der Waals surface area contributed by atoms with Crippen LogP contribution in [-0.2, 0) is 7.05 Å². The first kappa shape index (κ1) is 13.5. The predicted octanol–water partition coefficient (Wildman–Crippen LogP) is 3.19. The fraction of sp³-hybridized carbons (Fsp3) is 0.267. The van der Waals surface area contributed by atoms with Crippen LogP contribution < -0.4 is 0 Å². The summed E-state index contributed by atoms with van der Waals surface area (Å²) in [4.78, 5) is 2.00. The van der Waals surface area contributed by atoms with Gasteiger partial charge in [-0.25, -0.2) is 0 Å². The van der Waals surface area contributed by atoms with Gasteiger partial charge in [-0.2, -0.15) is 5.10 Å². The number of allylic oxidation sites excluding steroid dienone is 3. The van der Waals surface area contributed by atoms with Crippen LogP contribution in [0.4, 0.5) is 0 Å². The molecule has 0 fully saturated rings. The minimum atomic E-state index is 0.506. The van der Waals surface area contributed by atoms with Crippen molar-refractivity contribution in [1.29, 1.82) is 0 Å². The van der Waals surface area contributed by atoms with Crippen LogP contribution in [0.2, 0.25) is 5.02 Å². The number of terminal acetylenes is 1. The van der Waals surface area contributed by atoms with Gasteiger partial charge in [-0.05, 0) is 30.9 Å². The molecule has 1 aromatic rings. The summed E-state index contributed by atoms with van der Waals surface area (Å²) >= 11 is 6.34. The number of hydrogen-bond donors (Lipinski definition) is 0. The van der Waals surface area contributed by atoms with Crippen LogP contribution in [0.1, 0.15) is 25.2 Å². The molecule has 3 nitrogen and oxygen atoms in total. The van der Waals surface area contributed by atoms with Gasteiger partial charge in [0.15, 0.2) is 0 Å². The molecule has 19 heavy (non-hydrogen) atoms. The zero-order valence-electron chi connectivity index (χ0n) is 11.6. The molecular formula is C15H16ClN3. The summed E-state index contributed by atoms with van der Waals surface area (Å²) in [6.45, 7) is 8.13. The lowest BCUT2D eigenvalue weighted by Gasteiger charge is -2.29. The van der Waals surface area contributed by atoms with Crippen molar-refractivity contribution < 1.29 is 0 Å². The van der Waals surface area contributed by atoms with Gasteiger partial charge in [-0.15, -0.1) is 6.42 Å². The molecule has 1 aromatic heterocycles. The molecule has 0 aliphatic carbocycles. The van der Waals surface area contributed by atoms with Crippen molar-refractivity contribution in [2.45, 2.75) is 13.8 Å². The van der Waals surface area contributed by atoms with Crippen molar-refractivity contribution in [1.82, 2.24) is 14.7 Å². The van der Waals surface area contributed by atoms with E-state index in [0.717, 1.165) is 22.5 Å². The number of hydrogen-bond acceptors (Lipinski definition) is 2. The van der Waals surface area contributed by atoms with E-state index in [9.17, 15) is 0 Å². The molecule has 0 atom stereocenters. The third kappa shape index (κ3) is 1.98. The monoisotopic (exact) mass is 273 g/mol. The molecule has 0 saturated carbocycles. The minimum Gasteiger partial charge on any atom is -0.343 e. The predicted molar refractivity (Wildman–Crippen MR) is 79.4 cm³/mol. The topological polar surface area (TPSA) is 21.1 Å². The van der Waals surface area contributed by atoms with E-state index in [0.29, 0.717) is 16.4 Å². The van der Waals surface area contributed by atoms with Gasteiger partial charge in [0, 0.05) is 19.8 Å². The molecule has 2 rings (SSSR count). The second-order valence-corrected chi connectivity index (χ2v) is 5.02. The standard InChI is InChI=1S/C15H16ClN3/c1-7-12-13(16)14(17-19(12)6)15-10(3)8-9(2)11(4)18(15)5/h1,8H,4H2,2-3,5-6H3. The zero-order valence-corrected chi connectivity index (χ0v) is 12.3. The normalized spacial score (nSPS) is 15.7. The van der Waals surface area contributed by atoms with Crippen molar-refractivity contribution >= 4 is 17.3 Å². The maximum absolute atomic E-state index is 6.34. The van der Waals surface area contributed by atoms with Crippen molar-refractivity contribution in [3.63, 3.8) is 0 Å². The Balaban J connectivity index is 2.69. The maximum atomic E-state index is 6.34. The van der Waals surface area contributed by atoms with Crippen molar-refractivity contribution in [2.75, 3.05) is 7.05 Å². The van der Waals surface area contributed by atoms with E-state index in [1.165, 1.54) is 0 Å². The first-order chi connectivity index (χ1) is 8.88. The third-order valence-electron chi connectivity index (χ3n) is 3.35. The Morgan fingerprint density at radius 1 is 1.37 bits per heavy atom. The van der Waals surface area contributed by atoms with Gasteiger partial charge in [0.25, 0.3) is 0 Å². The summed E-state index contributed by atoms with van der Waals surface area (Å²) in [6, 6.07) is 0. The van der Waals surface area contributed by atoms with Crippen LogP contribution in [0.3, 0.4) is 0 Å². The van der Waals surface area contributed by atoms with E-state index < -0.39 is 0 Å². The highest BCUT2D eigenvalue weighted by Crippen LogP contribution is 2.36. The smallest absolute Gasteiger partial charge is 0.129 e. The lowest BCUT2D eigenvalue weighted by Crippen LogP contribution is -2.21. The van der Waals surface area contributed by atoms with E-state index >= 15 is 0 Å². The van der Waals surface area contributed by atoms with Gasteiger partial charge in [0.2, 0.25) is 0 Å². The quantitative estimate of drug-likeness (QED) is 0.733. The van der Waals surface area contributed by atoms with Crippen molar-refractivity contribution in [3.05, 3.63) is 45.9 Å². The van der Waals surface area contributed by atoms with Crippen LogP contribution in [0.15, 0.2) is 29.5 Å². The van der Waals surface area contributed by atoms with Crippen LogP contribution >= 0.6 is 11.6 Å². The Bertz CT molecular complexity index is 668. The van der Waals surface area contributed by atoms with E-state index in [1.54, 1.807) is 11.7 Å². The Hall–Kier alpha value is -1.92. The molecule has 98 valence electrons. The van der Waals surface area contributed by atoms with Gasteiger partial charge in [0.1, 0.15) is 16.4 Å². The number of aromatic nitrogens is 2. The number of halogens is 1. The summed E-state index contributed by atoms with van der Waals surface area (Å²) in [7, 11) is 3.75. The minimum absolute atomic E-state index is 0.506. The van der Waals surface area contributed by atoms with Crippen LogP contribution in [0.25, 0.3) is 5.70 Å². The van der Waals surface area contributed by atoms with E-state index in [-0.39, 0.29) is 0 Å². The van der Waals surface area contributed by atoms with E-state index in [4.69, 9.17) is 18.0 Å². The fourth-order valence-corrected chi connectivity index (χ4v) is 2.60. The number of rotatable bonds is 1. The molecule has 4 heteroatoms. The van der Waals surface area contributed by atoms with Gasteiger partial charge < -0.3 is 4.90 Å². The number of aryl methyl sites for hydroxylation is 1. The molecule has 0 bridgehead atoms. The van der Waals surface area contributed by atoms with Crippen molar-refractivity contribution in [2.24, 2.45) is 7.05 Å².